The van der Waals surface area contributed by atoms with Crippen LogP contribution in [-0.4, -0.2) is 79.7 Å². The van der Waals surface area contributed by atoms with Crippen LogP contribution in [0, 0.1) is 0 Å². The molecule has 1 saturated heterocycles. The number of carbonyl (C=O) groups is 3. The third kappa shape index (κ3) is 19.4. The number of amides is 1. The quantitative estimate of drug-likeness (QED) is 0.0434. The van der Waals surface area contributed by atoms with Crippen molar-refractivity contribution in [2.24, 2.45) is 0 Å². The number of nitrogens with one attached hydrogen (secondary N) is 1. The van der Waals surface area contributed by atoms with Crippen molar-refractivity contribution in [1.82, 2.24) is 5.32 Å². The second-order valence-corrected chi connectivity index (χ2v) is 22.8. The maximum Gasteiger partial charge on any atom is 0.306 e. The Labute approximate surface area is 356 Å². The average Bonchev–Trinajstić information content (AvgIpc) is 3.20. The molecule has 11 heteroatoms. The number of rotatable bonds is 28. The molecule has 0 bridgehead atoms. The van der Waals surface area contributed by atoms with E-state index in [2.05, 4.69) is 58.2 Å². The van der Waals surface area contributed by atoms with Crippen molar-refractivity contribution in [2.75, 3.05) is 6.61 Å². The zero-order chi connectivity index (χ0) is 43.1. The fraction of sp³-hybridized carbons (Fsp3) is 0.688. The molecular formula is C48H77NO9Si. The van der Waals surface area contributed by atoms with E-state index in [-0.39, 0.29) is 36.9 Å². The van der Waals surface area contributed by atoms with E-state index in [1.807, 2.05) is 48.5 Å². The molecule has 0 aromatic heterocycles. The molecule has 0 spiro atoms. The van der Waals surface area contributed by atoms with Crippen LogP contribution in [0.2, 0.25) is 18.1 Å². The SMILES string of the molecule is CCCCCCCCCCC[C@@H](CC(=O)N[C@@H]1[C@@H](OC(=O)CCCCc2ccccc2)[C@H](O)[C@@H](CO[Si](C)(C)C(C)(C)C)O[C@H]1O)OC(=O)CCCCc1ccccc1. The van der Waals surface area contributed by atoms with Crippen molar-refractivity contribution in [3.8, 4) is 0 Å². The number of aliphatic hydroxyl groups excluding tert-OH is 2. The van der Waals surface area contributed by atoms with E-state index in [9.17, 15) is 24.6 Å². The molecule has 1 fully saturated rings. The molecule has 3 rings (SSSR count). The van der Waals surface area contributed by atoms with Gasteiger partial charge in [0.1, 0.15) is 24.4 Å². The number of unbranched alkanes of at least 4 members (excludes halogenated alkanes) is 10. The molecule has 0 radical (unpaired) electrons. The van der Waals surface area contributed by atoms with Gasteiger partial charge in [-0.1, -0.05) is 140 Å². The molecule has 0 aliphatic carbocycles. The second kappa shape index (κ2) is 27.0. The third-order valence-electron chi connectivity index (χ3n) is 11.9. The summed E-state index contributed by atoms with van der Waals surface area (Å²) in [5.41, 5.74) is 2.40. The fourth-order valence-electron chi connectivity index (χ4n) is 7.15. The minimum Gasteiger partial charge on any atom is -0.462 e. The summed E-state index contributed by atoms with van der Waals surface area (Å²) in [6.07, 6.45) is 9.65. The maximum absolute atomic E-state index is 13.7. The van der Waals surface area contributed by atoms with Crippen molar-refractivity contribution in [2.45, 2.75) is 205 Å². The molecule has 0 saturated carbocycles. The van der Waals surface area contributed by atoms with Crippen LogP contribution in [0.25, 0.3) is 0 Å². The molecule has 1 amide bonds. The van der Waals surface area contributed by atoms with Crippen LogP contribution in [0.15, 0.2) is 60.7 Å². The van der Waals surface area contributed by atoms with Crippen molar-refractivity contribution in [1.29, 1.82) is 0 Å². The lowest BCUT2D eigenvalue weighted by Gasteiger charge is -2.44. The molecule has 0 unspecified atom stereocenters. The zero-order valence-corrected chi connectivity index (χ0v) is 38.1. The maximum atomic E-state index is 13.7. The van der Waals surface area contributed by atoms with Crippen molar-refractivity contribution < 1.29 is 43.2 Å². The van der Waals surface area contributed by atoms with Crippen molar-refractivity contribution >= 4 is 26.2 Å². The minimum absolute atomic E-state index is 0.0113. The summed E-state index contributed by atoms with van der Waals surface area (Å²) in [5.74, 6) is -1.38. The van der Waals surface area contributed by atoms with E-state index in [0.29, 0.717) is 19.3 Å². The first kappa shape index (κ1) is 50.3. The number of esters is 2. The fourth-order valence-corrected chi connectivity index (χ4v) is 8.16. The van der Waals surface area contributed by atoms with Gasteiger partial charge in [-0.15, -0.1) is 0 Å². The van der Waals surface area contributed by atoms with Gasteiger partial charge in [0.2, 0.25) is 5.91 Å². The number of carbonyl (C=O) groups excluding carboxylic acids is 3. The molecule has 10 nitrogen and oxygen atoms in total. The Kier molecular flexibility index (Phi) is 23.0. The number of ether oxygens (including phenoxy) is 3. The topological polar surface area (TPSA) is 141 Å². The molecule has 1 aliphatic heterocycles. The average molecular weight is 840 g/mol. The molecular weight excluding hydrogens is 763 g/mol. The van der Waals surface area contributed by atoms with Crippen LogP contribution >= 0.6 is 0 Å². The Balaban J connectivity index is 1.65. The van der Waals surface area contributed by atoms with Gasteiger partial charge >= 0.3 is 11.9 Å². The molecule has 332 valence electrons. The number of benzene rings is 2. The van der Waals surface area contributed by atoms with E-state index in [0.717, 1.165) is 51.4 Å². The highest BCUT2D eigenvalue weighted by Gasteiger charge is 2.49. The summed E-state index contributed by atoms with van der Waals surface area (Å²) in [4.78, 5) is 40.1. The predicted molar refractivity (Wildman–Crippen MR) is 236 cm³/mol. The summed E-state index contributed by atoms with van der Waals surface area (Å²) in [7, 11) is -2.26. The first-order valence-electron chi connectivity index (χ1n) is 22.6. The van der Waals surface area contributed by atoms with Crippen LogP contribution in [0.4, 0.5) is 0 Å². The van der Waals surface area contributed by atoms with Gasteiger partial charge in [0.05, 0.1) is 13.0 Å². The van der Waals surface area contributed by atoms with Crippen LogP contribution < -0.4 is 5.32 Å². The lowest BCUT2D eigenvalue weighted by atomic mass is 9.96. The van der Waals surface area contributed by atoms with Crippen molar-refractivity contribution in [3.63, 3.8) is 0 Å². The zero-order valence-electron chi connectivity index (χ0n) is 37.1. The van der Waals surface area contributed by atoms with Gasteiger partial charge in [0.15, 0.2) is 20.7 Å². The van der Waals surface area contributed by atoms with Gasteiger partial charge < -0.3 is 34.2 Å². The van der Waals surface area contributed by atoms with Crippen LogP contribution in [0.5, 0.6) is 0 Å². The van der Waals surface area contributed by atoms with Crippen molar-refractivity contribution in [3.05, 3.63) is 71.8 Å². The molecule has 59 heavy (non-hydrogen) atoms. The second-order valence-electron chi connectivity index (χ2n) is 18.0. The van der Waals surface area contributed by atoms with E-state index >= 15 is 0 Å². The highest BCUT2D eigenvalue weighted by atomic mass is 28.4. The highest BCUT2D eigenvalue weighted by molar-refractivity contribution is 6.74. The Hall–Kier alpha value is -3.09. The molecule has 2 aromatic carbocycles. The Bertz CT molecular complexity index is 1470. The van der Waals surface area contributed by atoms with Gasteiger partial charge in [-0.3, -0.25) is 14.4 Å². The predicted octanol–water partition coefficient (Wildman–Crippen LogP) is 9.53. The van der Waals surface area contributed by atoms with Crippen LogP contribution in [-0.2, 0) is 45.9 Å². The Morgan fingerprint density at radius 1 is 0.746 bits per heavy atom. The van der Waals surface area contributed by atoms with Gasteiger partial charge in [-0.2, -0.15) is 0 Å². The summed E-state index contributed by atoms with van der Waals surface area (Å²) < 4.78 is 24.0. The Morgan fingerprint density at radius 2 is 1.27 bits per heavy atom. The van der Waals surface area contributed by atoms with Crippen LogP contribution in [0.1, 0.15) is 148 Å². The van der Waals surface area contributed by atoms with Crippen LogP contribution in [0.3, 0.4) is 0 Å². The molecule has 6 atom stereocenters. The summed E-state index contributed by atoms with van der Waals surface area (Å²) in [5, 5.41) is 25.6. The van der Waals surface area contributed by atoms with E-state index in [1.54, 1.807) is 0 Å². The number of aliphatic hydroxyl groups is 2. The first-order valence-corrected chi connectivity index (χ1v) is 25.5. The van der Waals surface area contributed by atoms with Gasteiger partial charge in [0, 0.05) is 12.8 Å². The van der Waals surface area contributed by atoms with E-state index in [1.165, 1.54) is 43.2 Å². The summed E-state index contributed by atoms with van der Waals surface area (Å²) in [6.45, 7) is 12.7. The highest BCUT2D eigenvalue weighted by Crippen LogP contribution is 2.37. The lowest BCUT2D eigenvalue weighted by molar-refractivity contribution is -0.258. The number of hydrogen-bond acceptors (Lipinski definition) is 9. The normalized spacial score (nSPS) is 20.2. The largest absolute Gasteiger partial charge is 0.462 e. The molecule has 2 aromatic rings. The lowest BCUT2D eigenvalue weighted by Crippen LogP contribution is -2.66. The number of aryl methyl sites for hydroxylation is 2. The first-order chi connectivity index (χ1) is 28.2. The standard InChI is InChI=1S/C48H77NO9Si/c1-7-8-9-10-11-12-13-14-21-32-39(56-42(51)33-24-22-30-37-26-17-15-18-27-37)35-41(50)49-44-46(58-43(52)34-25-23-31-38-28-19-16-20-29-38)45(53)40(57-47(44)54)36-55-59(5,6)48(2,3)4/h15-20,26-29,39-40,44-47,53-54H,7-14,21-25,30-36H2,1-6H3,(H,49,50)/t39-,40+,44+,45+,46+,47+/m0/s1. The van der Waals surface area contributed by atoms with Gasteiger partial charge in [-0.25, -0.2) is 0 Å². The monoisotopic (exact) mass is 840 g/mol. The molecule has 1 aliphatic rings. The third-order valence-corrected chi connectivity index (χ3v) is 16.4. The Morgan fingerprint density at radius 3 is 1.81 bits per heavy atom. The number of hydrogen-bond donors (Lipinski definition) is 3. The summed E-state index contributed by atoms with van der Waals surface area (Å²) >= 11 is 0. The summed E-state index contributed by atoms with van der Waals surface area (Å²) in [6, 6.07) is 18.9. The molecule has 1 heterocycles. The van der Waals surface area contributed by atoms with Gasteiger partial charge in [-0.05, 0) is 80.6 Å². The van der Waals surface area contributed by atoms with E-state index in [4.69, 9.17) is 18.6 Å². The van der Waals surface area contributed by atoms with Gasteiger partial charge in [0.25, 0.3) is 0 Å². The molecule has 3 N–H and O–H groups in total. The smallest absolute Gasteiger partial charge is 0.306 e. The minimum atomic E-state index is -2.26. The van der Waals surface area contributed by atoms with E-state index < -0.39 is 56.9 Å².